The van der Waals surface area contributed by atoms with E-state index in [0.717, 1.165) is 18.7 Å². The van der Waals surface area contributed by atoms with Gasteiger partial charge in [0.15, 0.2) is 5.84 Å². The van der Waals surface area contributed by atoms with Crippen LogP contribution in [0.25, 0.3) is 0 Å². The van der Waals surface area contributed by atoms with Crippen LogP contribution in [0.2, 0.25) is 0 Å². The largest absolute Gasteiger partial charge is 0.409 e. The van der Waals surface area contributed by atoms with Gasteiger partial charge in [-0.3, -0.25) is 4.98 Å². The molecule has 0 aliphatic heterocycles. The van der Waals surface area contributed by atoms with Gasteiger partial charge in [0.1, 0.15) is 5.69 Å². The second-order valence-corrected chi connectivity index (χ2v) is 4.46. The molecule has 1 rings (SSSR count). The summed E-state index contributed by atoms with van der Waals surface area (Å²) in [6, 6.07) is 3.76. The van der Waals surface area contributed by atoms with Crippen molar-refractivity contribution in [2.24, 2.45) is 16.8 Å². The molecule has 17 heavy (non-hydrogen) atoms. The Balaban J connectivity index is 2.89. The smallest absolute Gasteiger partial charge is 0.190 e. The summed E-state index contributed by atoms with van der Waals surface area (Å²) in [7, 11) is 1.98. The van der Waals surface area contributed by atoms with E-state index in [1.165, 1.54) is 0 Å². The maximum absolute atomic E-state index is 8.72. The van der Waals surface area contributed by atoms with Crippen LogP contribution in [0.4, 0.5) is 5.69 Å². The monoisotopic (exact) mass is 236 g/mol. The summed E-state index contributed by atoms with van der Waals surface area (Å²) in [6.45, 7) is 5.28. The van der Waals surface area contributed by atoms with Crippen molar-refractivity contribution in [3.63, 3.8) is 0 Å². The molecule has 0 saturated carbocycles. The molecule has 0 unspecified atom stereocenters. The van der Waals surface area contributed by atoms with Gasteiger partial charge in [-0.2, -0.15) is 0 Å². The number of hydrogen-bond acceptors (Lipinski definition) is 4. The standard InChI is InChI=1S/C12H20N4O/c1-9(2)6-8-16(3)10-5-4-7-14-11(10)12(13)15-17/h4-5,7,9,17H,6,8H2,1-3H3,(H2,13,15). The molecule has 5 heteroatoms. The van der Waals surface area contributed by atoms with Crippen molar-refractivity contribution in [2.75, 3.05) is 18.5 Å². The van der Waals surface area contributed by atoms with Crippen LogP contribution in [-0.2, 0) is 0 Å². The topological polar surface area (TPSA) is 74.7 Å². The minimum atomic E-state index is 0.0389. The SMILES string of the molecule is CC(C)CCN(C)c1cccnc1/C(N)=N/O. The average Bonchev–Trinajstić information content (AvgIpc) is 2.34. The fourth-order valence-electron chi connectivity index (χ4n) is 1.52. The molecule has 1 heterocycles. The highest BCUT2D eigenvalue weighted by Gasteiger charge is 2.12. The Kier molecular flexibility index (Phi) is 4.75. The van der Waals surface area contributed by atoms with E-state index in [0.29, 0.717) is 11.6 Å². The van der Waals surface area contributed by atoms with Crippen molar-refractivity contribution < 1.29 is 5.21 Å². The van der Waals surface area contributed by atoms with Crippen molar-refractivity contribution in [3.05, 3.63) is 24.0 Å². The first-order chi connectivity index (χ1) is 8.06. The van der Waals surface area contributed by atoms with E-state index < -0.39 is 0 Å². The quantitative estimate of drug-likeness (QED) is 0.353. The normalized spacial score (nSPS) is 11.9. The van der Waals surface area contributed by atoms with Crippen molar-refractivity contribution >= 4 is 11.5 Å². The fraction of sp³-hybridized carbons (Fsp3) is 0.500. The molecule has 0 amide bonds. The first kappa shape index (κ1) is 13.3. The van der Waals surface area contributed by atoms with E-state index in [-0.39, 0.29) is 5.84 Å². The molecule has 0 spiro atoms. The Morgan fingerprint density at radius 1 is 1.59 bits per heavy atom. The number of nitrogens with two attached hydrogens (primary N) is 1. The summed E-state index contributed by atoms with van der Waals surface area (Å²) in [4.78, 5) is 6.21. The highest BCUT2D eigenvalue weighted by molar-refractivity contribution is 6.00. The van der Waals surface area contributed by atoms with E-state index in [4.69, 9.17) is 10.9 Å². The molecule has 94 valence electrons. The number of anilines is 1. The third-order valence-electron chi connectivity index (χ3n) is 2.59. The Morgan fingerprint density at radius 2 is 2.29 bits per heavy atom. The van der Waals surface area contributed by atoms with Crippen molar-refractivity contribution in [3.8, 4) is 0 Å². The van der Waals surface area contributed by atoms with Crippen LogP contribution in [0.3, 0.4) is 0 Å². The average molecular weight is 236 g/mol. The molecular weight excluding hydrogens is 216 g/mol. The molecule has 0 aliphatic carbocycles. The lowest BCUT2D eigenvalue weighted by atomic mass is 10.1. The highest BCUT2D eigenvalue weighted by Crippen LogP contribution is 2.17. The lowest BCUT2D eigenvalue weighted by molar-refractivity contribution is 0.318. The molecule has 5 nitrogen and oxygen atoms in total. The second kappa shape index (κ2) is 6.08. The van der Waals surface area contributed by atoms with Crippen LogP contribution in [0.5, 0.6) is 0 Å². The summed E-state index contributed by atoms with van der Waals surface area (Å²) in [5.41, 5.74) is 6.99. The van der Waals surface area contributed by atoms with Gasteiger partial charge in [-0.05, 0) is 24.5 Å². The third kappa shape index (κ3) is 3.62. The molecule has 1 aromatic rings. The molecule has 0 radical (unpaired) electrons. The Morgan fingerprint density at radius 3 is 2.88 bits per heavy atom. The summed E-state index contributed by atoms with van der Waals surface area (Å²) in [5.74, 6) is 0.679. The molecule has 0 aromatic carbocycles. The summed E-state index contributed by atoms with van der Waals surface area (Å²) in [6.07, 6.45) is 2.72. The predicted molar refractivity (Wildman–Crippen MR) is 69.5 cm³/mol. The number of amidine groups is 1. The molecule has 3 N–H and O–H groups in total. The zero-order chi connectivity index (χ0) is 12.8. The van der Waals surface area contributed by atoms with E-state index in [2.05, 4.69) is 28.9 Å². The maximum atomic E-state index is 8.72. The van der Waals surface area contributed by atoms with Gasteiger partial charge >= 0.3 is 0 Å². The molecule has 0 bridgehead atoms. The lowest BCUT2D eigenvalue weighted by Gasteiger charge is -2.22. The van der Waals surface area contributed by atoms with E-state index in [1.807, 2.05) is 19.2 Å². The number of hydrogen-bond donors (Lipinski definition) is 2. The van der Waals surface area contributed by atoms with Crippen LogP contribution in [0.15, 0.2) is 23.5 Å². The zero-order valence-corrected chi connectivity index (χ0v) is 10.6. The lowest BCUT2D eigenvalue weighted by Crippen LogP contribution is -2.25. The van der Waals surface area contributed by atoms with Crippen molar-refractivity contribution in [1.29, 1.82) is 0 Å². The van der Waals surface area contributed by atoms with Gasteiger partial charge in [-0.15, -0.1) is 0 Å². The molecular formula is C12H20N4O. The first-order valence-corrected chi connectivity index (χ1v) is 5.70. The molecule has 0 fully saturated rings. The number of oxime groups is 1. The fourth-order valence-corrected chi connectivity index (χ4v) is 1.52. The first-order valence-electron chi connectivity index (χ1n) is 5.70. The second-order valence-electron chi connectivity index (χ2n) is 4.46. The Bertz CT molecular complexity index is 390. The molecule has 0 atom stereocenters. The third-order valence-corrected chi connectivity index (χ3v) is 2.59. The minimum Gasteiger partial charge on any atom is -0.409 e. The minimum absolute atomic E-state index is 0.0389. The van der Waals surface area contributed by atoms with E-state index in [9.17, 15) is 0 Å². The van der Waals surface area contributed by atoms with Gasteiger partial charge in [0, 0.05) is 19.8 Å². The molecule has 0 saturated heterocycles. The summed E-state index contributed by atoms with van der Waals surface area (Å²) < 4.78 is 0. The number of pyridine rings is 1. The van der Waals surface area contributed by atoms with Gasteiger partial charge < -0.3 is 15.8 Å². The van der Waals surface area contributed by atoms with Gasteiger partial charge in [0.05, 0.1) is 5.69 Å². The number of rotatable bonds is 5. The number of aromatic nitrogens is 1. The van der Waals surface area contributed by atoms with Gasteiger partial charge in [-0.25, -0.2) is 0 Å². The van der Waals surface area contributed by atoms with Gasteiger partial charge in [0.25, 0.3) is 0 Å². The highest BCUT2D eigenvalue weighted by atomic mass is 16.4. The van der Waals surface area contributed by atoms with Gasteiger partial charge in [0.2, 0.25) is 0 Å². The van der Waals surface area contributed by atoms with Crippen LogP contribution in [0, 0.1) is 5.92 Å². The Hall–Kier alpha value is -1.78. The van der Waals surface area contributed by atoms with Gasteiger partial charge in [-0.1, -0.05) is 19.0 Å². The van der Waals surface area contributed by atoms with Crippen LogP contribution >= 0.6 is 0 Å². The van der Waals surface area contributed by atoms with E-state index in [1.54, 1.807) is 6.20 Å². The van der Waals surface area contributed by atoms with Crippen LogP contribution in [-0.4, -0.2) is 29.6 Å². The molecule has 1 aromatic heterocycles. The number of nitrogens with zero attached hydrogens (tertiary/aromatic N) is 3. The van der Waals surface area contributed by atoms with Crippen LogP contribution < -0.4 is 10.6 Å². The maximum Gasteiger partial charge on any atom is 0.190 e. The zero-order valence-electron chi connectivity index (χ0n) is 10.6. The summed E-state index contributed by atoms with van der Waals surface area (Å²) in [5, 5.41) is 11.7. The van der Waals surface area contributed by atoms with E-state index >= 15 is 0 Å². The predicted octanol–water partition coefficient (Wildman–Crippen LogP) is 1.66. The van der Waals surface area contributed by atoms with Crippen LogP contribution in [0.1, 0.15) is 26.0 Å². The van der Waals surface area contributed by atoms with Crippen molar-refractivity contribution in [2.45, 2.75) is 20.3 Å². The summed E-state index contributed by atoms with van der Waals surface area (Å²) >= 11 is 0. The van der Waals surface area contributed by atoms with Crippen molar-refractivity contribution in [1.82, 2.24) is 4.98 Å². The molecule has 0 aliphatic rings. The Labute approximate surface area is 102 Å².